The number of ether oxygens (including phenoxy) is 2. The van der Waals surface area contributed by atoms with E-state index in [-0.39, 0.29) is 56.0 Å². The van der Waals surface area contributed by atoms with E-state index in [0.717, 1.165) is 22.2 Å². The lowest BCUT2D eigenvalue weighted by molar-refractivity contribution is -0.164. The molecule has 0 unspecified atom stereocenters. The number of hydrogen-bond donors (Lipinski definition) is 7. The number of esters is 1. The van der Waals surface area contributed by atoms with Gasteiger partial charge in [-0.05, 0) is 131 Å². The largest absolute Gasteiger partial charge is 0.480 e. The Morgan fingerprint density at radius 3 is 1.39 bits per heavy atom. The molecule has 0 aliphatic rings. The highest BCUT2D eigenvalue weighted by molar-refractivity contribution is 6.98. The summed E-state index contributed by atoms with van der Waals surface area (Å²) in [4.78, 5) is 192. The van der Waals surface area contributed by atoms with Crippen LogP contribution in [-0.4, -0.2) is 254 Å². The lowest BCUT2D eigenvalue weighted by atomic mass is 9.91. The van der Waals surface area contributed by atoms with Gasteiger partial charge in [-0.1, -0.05) is 177 Å². The molecule has 110 heavy (non-hydrogen) atoms. The van der Waals surface area contributed by atoms with Crippen molar-refractivity contribution in [1.82, 2.24) is 56.0 Å². The third-order valence-corrected chi connectivity index (χ3v) is 25.5. The average Bonchev–Trinajstić information content (AvgIpc) is 0.754. The molecule has 620 valence electrons. The number of hydrogen-bond acceptors (Lipinski definition) is 16. The van der Waals surface area contributed by atoms with E-state index in [1.54, 1.807) is 81.5 Å². The molecule has 0 saturated carbocycles. The fourth-order valence-corrected chi connectivity index (χ4v) is 17.9. The van der Waals surface area contributed by atoms with Gasteiger partial charge in [0.25, 0.3) is 8.32 Å². The van der Waals surface area contributed by atoms with Gasteiger partial charge < -0.3 is 75.4 Å². The first-order chi connectivity index (χ1) is 51.1. The van der Waals surface area contributed by atoms with E-state index in [9.17, 15) is 53.1 Å². The van der Waals surface area contributed by atoms with Crippen molar-refractivity contribution in [3.63, 3.8) is 0 Å². The van der Waals surface area contributed by atoms with Crippen LogP contribution < -0.4 is 37.0 Å². The average molecular weight is 1560 g/mol. The van der Waals surface area contributed by atoms with Gasteiger partial charge >= 0.3 is 11.9 Å². The number of carboxylic acid groups (broad SMARTS) is 1. The topological polar surface area (TPSA) is 343 Å². The Morgan fingerprint density at radius 1 is 0.509 bits per heavy atom. The molecule has 10 amide bonds. The zero-order valence-corrected chi connectivity index (χ0v) is 72.1. The number of carboxylic acids is 1. The highest BCUT2D eigenvalue weighted by Crippen LogP contribution is 2.40. The third-order valence-electron chi connectivity index (χ3n) is 20.9. The minimum atomic E-state index is -3.30. The van der Waals surface area contributed by atoms with Gasteiger partial charge in [-0.2, -0.15) is 0 Å². The maximum Gasteiger partial charge on any atom is 0.326 e. The van der Waals surface area contributed by atoms with Gasteiger partial charge in [0.1, 0.15) is 66.5 Å². The summed E-state index contributed by atoms with van der Waals surface area (Å²) in [6.07, 6.45) is 4.16. The summed E-state index contributed by atoms with van der Waals surface area (Å²) in [7, 11) is 6.91. The molecule has 0 fully saturated rings. The number of amides is 10. The van der Waals surface area contributed by atoms with Crippen LogP contribution in [0.5, 0.6) is 0 Å². The second-order valence-corrected chi connectivity index (χ2v) is 36.5. The smallest absolute Gasteiger partial charge is 0.326 e. The van der Waals surface area contributed by atoms with Gasteiger partial charge in [0, 0.05) is 61.7 Å². The van der Waals surface area contributed by atoms with Crippen molar-refractivity contribution in [2.24, 2.45) is 41.4 Å². The van der Waals surface area contributed by atoms with E-state index in [4.69, 9.17) is 9.47 Å². The lowest BCUT2D eigenvalue weighted by Gasteiger charge is -2.42. The van der Waals surface area contributed by atoms with Crippen LogP contribution in [-0.2, 0) is 67.0 Å². The van der Waals surface area contributed by atoms with Gasteiger partial charge in [-0.15, -0.1) is 0 Å². The van der Waals surface area contributed by atoms with Crippen LogP contribution in [0.1, 0.15) is 183 Å². The molecule has 0 saturated heterocycles. The molecule has 0 aromatic heterocycles. The Morgan fingerprint density at radius 2 is 0.945 bits per heavy atom. The highest BCUT2D eigenvalue weighted by atomic mass is 28.4. The van der Waals surface area contributed by atoms with Crippen LogP contribution in [0.4, 0.5) is 0 Å². The van der Waals surface area contributed by atoms with E-state index < -0.39 is 175 Å². The summed E-state index contributed by atoms with van der Waals surface area (Å²) >= 11 is 0. The van der Waals surface area contributed by atoms with Gasteiger partial charge in [0.15, 0.2) is 0 Å². The first kappa shape index (κ1) is 98.0. The number of likely N-dealkylation sites (N-methyl/N-ethyl adjacent to an activating group) is 7. The van der Waals surface area contributed by atoms with Gasteiger partial charge in [-0.3, -0.25) is 52.7 Å². The van der Waals surface area contributed by atoms with Gasteiger partial charge in [0.05, 0.1) is 12.6 Å². The Bertz CT molecular complexity index is 3340. The molecule has 2 rings (SSSR count). The Kier molecular flexibility index (Phi) is 40.5. The van der Waals surface area contributed by atoms with E-state index in [0.29, 0.717) is 25.9 Å². The van der Waals surface area contributed by atoms with Crippen LogP contribution in [0.2, 0.25) is 5.04 Å². The van der Waals surface area contributed by atoms with E-state index >= 15 is 14.4 Å². The number of nitrogens with one attached hydrogen (secondary N) is 5. The van der Waals surface area contributed by atoms with Crippen molar-refractivity contribution in [2.75, 3.05) is 62.5 Å². The van der Waals surface area contributed by atoms with Crippen molar-refractivity contribution in [1.29, 1.82) is 0 Å². The molecule has 0 bridgehead atoms. The molecule has 0 aliphatic carbocycles. The summed E-state index contributed by atoms with van der Waals surface area (Å²) in [6, 6.07) is 6.16. The third kappa shape index (κ3) is 27.1. The van der Waals surface area contributed by atoms with Crippen molar-refractivity contribution in [3.8, 4) is 0 Å². The van der Waals surface area contributed by atoms with Gasteiger partial charge in [-0.25, -0.2) is 4.79 Å². The van der Waals surface area contributed by atoms with E-state index in [2.05, 4.69) is 40.4 Å². The van der Waals surface area contributed by atoms with Crippen LogP contribution in [0, 0.1) is 41.4 Å². The van der Waals surface area contributed by atoms with Crippen molar-refractivity contribution >= 4 is 89.7 Å². The minimum absolute atomic E-state index is 0.00409. The molecule has 0 heterocycles. The Hall–Kier alpha value is -8.08. The van der Waals surface area contributed by atoms with Crippen molar-refractivity contribution < 1.29 is 76.9 Å². The standard InChI is InChI=1S/C82H137N11O16Si/c1-28-30-38-54(13)70(109-59(18)94)69(74(98)86-62(29-2)81(105)106)93(27)80(104)67(53(11)12)91(25)78(102)65(47-51(7)8)90(24)77(101)64(46-50(5)6)89(23)76(100)58(17)85-71(95)56(15)84-72(96)63(45-49(3)4)88(22)79(103)66(52(9)10)87-73(97)68(92(26)75(99)57(16)83-21)55(14)48-108-44-37-43-82(19,20)110(107,60-39-33-31-34-40-60)61-41-35-32-36-42-61/h28,30-36,39-42,49-58,62-70,83,107H,29,37-38,43-48H2,1-27H3,(H,84,96)(H,85,95)(H,86,98)(H,87,97)(H,105,106)/b30-28+/t54-,55+,56+,57+,58-,62+,63+,64+,65+,66-,67+,68-,69+,70-/m1/s1. The summed E-state index contributed by atoms with van der Waals surface area (Å²) in [5, 5.41) is 25.0. The molecule has 7 N–H and O–H groups in total. The van der Waals surface area contributed by atoms with Crippen LogP contribution in [0.15, 0.2) is 72.8 Å². The number of carbonyl (C=O) groups is 12. The Balaban J connectivity index is 2.46. The number of nitrogens with zero attached hydrogens (tertiary/aromatic N) is 6. The lowest BCUT2D eigenvalue weighted by Crippen LogP contribution is -2.65. The van der Waals surface area contributed by atoms with Crippen LogP contribution in [0.25, 0.3) is 0 Å². The zero-order valence-electron chi connectivity index (χ0n) is 71.1. The fraction of sp³-hybridized carbons (Fsp3) is 0.683. The minimum Gasteiger partial charge on any atom is -0.480 e. The summed E-state index contributed by atoms with van der Waals surface area (Å²) in [5.74, 6) is -11.6. The molecule has 2 aromatic rings. The maximum atomic E-state index is 15.2. The van der Waals surface area contributed by atoms with Crippen LogP contribution >= 0.6 is 0 Å². The van der Waals surface area contributed by atoms with Gasteiger partial charge in [0.2, 0.25) is 59.1 Å². The number of carbonyl (C=O) groups excluding carboxylic acids is 11. The first-order valence-electron chi connectivity index (χ1n) is 39.1. The van der Waals surface area contributed by atoms with E-state index in [1.807, 2.05) is 102 Å². The normalized spacial score (nSPS) is 15.8. The van der Waals surface area contributed by atoms with Crippen molar-refractivity contribution in [3.05, 3.63) is 72.8 Å². The number of benzene rings is 2. The predicted octanol–water partition coefficient (Wildman–Crippen LogP) is 5.98. The van der Waals surface area contributed by atoms with Crippen LogP contribution in [0.3, 0.4) is 0 Å². The molecule has 14 atom stereocenters. The molecular formula is C82H137N11O16Si. The summed E-state index contributed by atoms with van der Waals surface area (Å²) in [6.45, 7) is 35.1. The molecule has 0 spiro atoms. The highest BCUT2D eigenvalue weighted by Gasteiger charge is 2.51. The number of rotatable bonds is 46. The molecule has 0 aliphatic heterocycles. The molecule has 28 heteroatoms. The number of allylic oxidation sites excluding steroid dienone is 2. The van der Waals surface area contributed by atoms with E-state index in [1.165, 1.54) is 80.6 Å². The first-order valence-corrected chi connectivity index (χ1v) is 41.0. The zero-order chi connectivity index (χ0) is 84.3. The quantitative estimate of drug-likeness (QED) is 0.0173. The second kappa shape index (κ2) is 45.4. The number of aliphatic carboxylic acids is 1. The monoisotopic (exact) mass is 1560 g/mol. The molecule has 0 radical (unpaired) electrons. The Labute approximate surface area is 657 Å². The maximum absolute atomic E-state index is 15.2. The summed E-state index contributed by atoms with van der Waals surface area (Å²) < 4.78 is 12.1. The molecular weight excluding hydrogens is 1420 g/mol. The fourth-order valence-electron chi connectivity index (χ4n) is 14.1. The molecule has 27 nitrogen and oxygen atoms in total. The van der Waals surface area contributed by atoms with Crippen molar-refractivity contribution in [2.45, 2.75) is 261 Å². The second-order valence-electron chi connectivity index (χ2n) is 32.6. The summed E-state index contributed by atoms with van der Waals surface area (Å²) in [5.41, 5.74) is 0. The SMILES string of the molecule is C/C=C/C[C@@H](C)[C@@H](OC(C)=O)[C@@H](C(=O)N[C@@H](CC)C(=O)O)N(C)C(=O)[C@H](C(C)C)N(C)C(=O)[C@H](CC(C)C)N(C)C(=O)[C@H](CC(C)C)N(C)C(=O)[C@@H](C)NC(=O)[C@H](C)NC(=O)[C@H](CC(C)C)N(C)C(=O)[C@H](NC(=O)[C@@H]([C@@H](C)COCCCC(C)(C)[Si](O)(c1ccccc1)c1ccccc1)N(C)C(=O)[C@H](C)NC)C(C)C. The molecule has 2 aromatic carbocycles. The predicted molar refractivity (Wildman–Crippen MR) is 430 cm³/mol.